The normalized spacial score (nSPS) is 13.1. The number of phenolic OH excluding ortho intramolecular Hbond substituents is 1. The van der Waals surface area contributed by atoms with Gasteiger partial charge in [-0.1, -0.05) is 12.1 Å². The number of nitrogens with one attached hydrogen (secondary N) is 1. The fraction of sp³-hybridized carbons (Fsp3) is 0.286. The van der Waals surface area contributed by atoms with E-state index < -0.39 is 16.0 Å². The molecule has 0 saturated carbocycles. The van der Waals surface area contributed by atoms with Crippen molar-refractivity contribution in [2.24, 2.45) is 21.9 Å². The Kier molecular flexibility index (Phi) is 10.9. The van der Waals surface area contributed by atoms with Crippen LogP contribution in [0.3, 0.4) is 0 Å². The van der Waals surface area contributed by atoms with Crippen molar-refractivity contribution in [1.82, 2.24) is 5.32 Å². The van der Waals surface area contributed by atoms with Crippen LogP contribution in [0.1, 0.15) is 24.3 Å². The number of benzene rings is 3. The maximum Gasteiger partial charge on any atom is 0.294 e. The fourth-order valence-electron chi connectivity index (χ4n) is 3.95. The van der Waals surface area contributed by atoms with Crippen LogP contribution in [0, 0.1) is 5.92 Å². The van der Waals surface area contributed by atoms with E-state index in [9.17, 15) is 23.1 Å². The third kappa shape index (κ3) is 8.97. The van der Waals surface area contributed by atoms with Gasteiger partial charge >= 0.3 is 0 Å². The SMILES string of the molecule is CN(CCCC(C=O)C(=O)NCC(CN)c1ccc(O)cc1)c1ccc(N=Nc2ccc(S(=O)(=O)O)cc2)cc1. The molecule has 0 aliphatic heterocycles. The van der Waals surface area contributed by atoms with Crippen molar-refractivity contribution >= 4 is 39.4 Å². The van der Waals surface area contributed by atoms with E-state index in [1.807, 2.05) is 24.1 Å². The number of carbonyl (C=O) groups excluding carboxylic acids is 2. The number of amides is 1. The first kappa shape index (κ1) is 30.4. The Labute approximate surface area is 233 Å². The van der Waals surface area contributed by atoms with Gasteiger partial charge in [-0.2, -0.15) is 18.6 Å². The predicted octanol–water partition coefficient (Wildman–Crippen LogP) is 3.94. The van der Waals surface area contributed by atoms with Crippen LogP contribution in [0.4, 0.5) is 17.1 Å². The van der Waals surface area contributed by atoms with Crippen molar-refractivity contribution in [2.45, 2.75) is 23.7 Å². The molecule has 12 heteroatoms. The van der Waals surface area contributed by atoms with Gasteiger partial charge in [0.05, 0.1) is 22.2 Å². The van der Waals surface area contributed by atoms with Crippen molar-refractivity contribution in [3.8, 4) is 5.75 Å². The number of hydrogen-bond acceptors (Lipinski definition) is 9. The zero-order chi connectivity index (χ0) is 29.1. The van der Waals surface area contributed by atoms with Crippen molar-refractivity contribution < 1.29 is 27.7 Å². The van der Waals surface area contributed by atoms with E-state index >= 15 is 0 Å². The minimum atomic E-state index is -4.26. The number of carbonyl (C=O) groups is 2. The number of azo groups is 1. The van der Waals surface area contributed by atoms with E-state index in [4.69, 9.17) is 10.3 Å². The van der Waals surface area contributed by atoms with Gasteiger partial charge < -0.3 is 25.9 Å². The zero-order valence-electron chi connectivity index (χ0n) is 22.1. The molecule has 0 fully saturated rings. The molecule has 0 aliphatic rings. The molecule has 3 aromatic carbocycles. The summed E-state index contributed by atoms with van der Waals surface area (Å²) in [6, 6.07) is 19.3. The topological polar surface area (TPSA) is 175 Å². The van der Waals surface area contributed by atoms with Crippen LogP contribution >= 0.6 is 0 Å². The Bertz CT molecular complexity index is 1390. The predicted molar refractivity (Wildman–Crippen MR) is 152 cm³/mol. The number of rotatable bonds is 14. The Morgan fingerprint density at radius 2 is 1.57 bits per heavy atom. The van der Waals surface area contributed by atoms with Gasteiger partial charge in [0.15, 0.2) is 0 Å². The summed E-state index contributed by atoms with van der Waals surface area (Å²) in [6.07, 6.45) is 1.69. The van der Waals surface area contributed by atoms with E-state index in [1.165, 1.54) is 24.3 Å². The van der Waals surface area contributed by atoms with Crippen LogP contribution in [-0.4, -0.2) is 57.0 Å². The number of nitrogens with two attached hydrogens (primary N) is 1. The molecule has 40 heavy (non-hydrogen) atoms. The molecule has 0 aliphatic carbocycles. The standard InChI is InChI=1S/C28H33N5O6S/c1-33(25-10-6-23(7-11-25)31-32-24-8-14-27(15-9-24)40(37,38)39)16-2-3-21(19-34)28(36)30-18-22(17-29)20-4-12-26(35)13-5-20/h4-15,19,21-22,35H,2-3,16-18,29H2,1H3,(H,30,36)(H,37,38,39). The molecular weight excluding hydrogens is 534 g/mol. The average Bonchev–Trinajstić information content (AvgIpc) is 2.95. The van der Waals surface area contributed by atoms with Gasteiger partial charge in [0.25, 0.3) is 10.1 Å². The van der Waals surface area contributed by atoms with Crippen LogP contribution in [0.2, 0.25) is 0 Å². The van der Waals surface area contributed by atoms with Gasteiger partial charge in [0, 0.05) is 38.3 Å². The summed E-state index contributed by atoms with van der Waals surface area (Å²) in [5, 5.41) is 20.5. The van der Waals surface area contributed by atoms with Gasteiger partial charge in [0.2, 0.25) is 5.91 Å². The second kappa shape index (κ2) is 14.3. The highest BCUT2D eigenvalue weighted by Crippen LogP contribution is 2.23. The summed E-state index contributed by atoms with van der Waals surface area (Å²) in [5.41, 5.74) is 8.69. The molecule has 0 aromatic heterocycles. The Hall–Kier alpha value is -4.13. The van der Waals surface area contributed by atoms with Crippen molar-refractivity contribution in [2.75, 3.05) is 31.6 Å². The highest BCUT2D eigenvalue weighted by molar-refractivity contribution is 7.85. The molecule has 0 bridgehead atoms. The van der Waals surface area contributed by atoms with E-state index in [-0.39, 0.29) is 22.5 Å². The number of hydrogen-bond donors (Lipinski definition) is 4. The van der Waals surface area contributed by atoms with Gasteiger partial charge in [-0.25, -0.2) is 0 Å². The van der Waals surface area contributed by atoms with Crippen LogP contribution in [0.25, 0.3) is 0 Å². The van der Waals surface area contributed by atoms with E-state index in [1.54, 1.807) is 36.4 Å². The van der Waals surface area contributed by atoms with E-state index in [0.717, 1.165) is 11.3 Å². The number of anilines is 1. The molecule has 3 aromatic rings. The van der Waals surface area contributed by atoms with Crippen LogP contribution < -0.4 is 16.0 Å². The number of aromatic hydroxyl groups is 1. The highest BCUT2D eigenvalue weighted by Gasteiger charge is 2.19. The van der Waals surface area contributed by atoms with Gasteiger partial charge in [0.1, 0.15) is 12.0 Å². The third-order valence-electron chi connectivity index (χ3n) is 6.39. The van der Waals surface area contributed by atoms with Gasteiger partial charge in [-0.05, 0) is 79.1 Å². The van der Waals surface area contributed by atoms with Crippen molar-refractivity contribution in [3.05, 3.63) is 78.4 Å². The highest BCUT2D eigenvalue weighted by atomic mass is 32.2. The molecule has 11 nitrogen and oxygen atoms in total. The minimum Gasteiger partial charge on any atom is -0.508 e. The summed E-state index contributed by atoms with van der Waals surface area (Å²) in [5.74, 6) is -1.07. The Morgan fingerprint density at radius 3 is 2.10 bits per heavy atom. The van der Waals surface area contributed by atoms with E-state index in [0.29, 0.717) is 50.1 Å². The van der Waals surface area contributed by atoms with Crippen LogP contribution in [0.5, 0.6) is 5.75 Å². The maximum atomic E-state index is 12.6. The number of phenols is 1. The lowest BCUT2D eigenvalue weighted by atomic mass is 9.98. The molecule has 2 unspecified atom stereocenters. The summed E-state index contributed by atoms with van der Waals surface area (Å²) in [7, 11) is -2.35. The number of aldehydes is 1. The second-order valence-electron chi connectivity index (χ2n) is 9.26. The summed E-state index contributed by atoms with van der Waals surface area (Å²) in [6.45, 7) is 1.23. The average molecular weight is 568 g/mol. The third-order valence-corrected chi connectivity index (χ3v) is 7.26. The lowest BCUT2D eigenvalue weighted by Gasteiger charge is -2.21. The Morgan fingerprint density at radius 1 is 1.00 bits per heavy atom. The quantitative estimate of drug-likeness (QED) is 0.0980. The summed E-state index contributed by atoms with van der Waals surface area (Å²) in [4.78, 5) is 26.0. The lowest BCUT2D eigenvalue weighted by molar-refractivity contribution is -0.129. The van der Waals surface area contributed by atoms with Crippen molar-refractivity contribution in [3.63, 3.8) is 0 Å². The monoisotopic (exact) mass is 567 g/mol. The first-order chi connectivity index (χ1) is 19.1. The molecule has 0 spiro atoms. The second-order valence-corrected chi connectivity index (χ2v) is 10.7. The van der Waals surface area contributed by atoms with Crippen LogP contribution in [0.15, 0.2) is 87.9 Å². The first-order valence-corrected chi connectivity index (χ1v) is 14.1. The summed E-state index contributed by atoms with van der Waals surface area (Å²) >= 11 is 0. The fourth-order valence-corrected chi connectivity index (χ4v) is 4.43. The molecule has 5 N–H and O–H groups in total. The number of nitrogens with zero attached hydrogens (tertiary/aromatic N) is 3. The van der Waals surface area contributed by atoms with Gasteiger partial charge in [-0.15, -0.1) is 0 Å². The largest absolute Gasteiger partial charge is 0.508 e. The lowest BCUT2D eigenvalue weighted by Crippen LogP contribution is -2.36. The smallest absolute Gasteiger partial charge is 0.294 e. The first-order valence-electron chi connectivity index (χ1n) is 12.6. The molecular formula is C28H33N5O6S. The van der Waals surface area contributed by atoms with E-state index in [2.05, 4.69) is 15.5 Å². The molecule has 0 radical (unpaired) electrons. The van der Waals surface area contributed by atoms with Crippen molar-refractivity contribution in [1.29, 1.82) is 0 Å². The zero-order valence-corrected chi connectivity index (χ0v) is 22.9. The van der Waals surface area contributed by atoms with Gasteiger partial charge in [-0.3, -0.25) is 9.35 Å². The molecule has 1 amide bonds. The minimum absolute atomic E-state index is 0.129. The molecule has 0 heterocycles. The maximum absolute atomic E-state index is 12.6. The van der Waals surface area contributed by atoms with Crippen LogP contribution in [-0.2, 0) is 19.7 Å². The summed E-state index contributed by atoms with van der Waals surface area (Å²) < 4.78 is 31.3. The molecule has 212 valence electrons. The molecule has 0 saturated heterocycles. The molecule has 2 atom stereocenters. The Balaban J connectivity index is 1.46. The molecule has 3 rings (SSSR count).